The Morgan fingerprint density at radius 3 is 2.42 bits per heavy atom. The number of hydrogen-bond donors (Lipinski definition) is 4. The molecular formula is C28H34N4O6. The van der Waals surface area contributed by atoms with Crippen LogP contribution in [0.2, 0.25) is 0 Å². The van der Waals surface area contributed by atoms with Crippen LogP contribution in [0, 0.1) is 5.92 Å². The van der Waals surface area contributed by atoms with Crippen LogP contribution in [-0.2, 0) is 14.4 Å². The van der Waals surface area contributed by atoms with Crippen LogP contribution < -0.4 is 20.7 Å². The van der Waals surface area contributed by atoms with Gasteiger partial charge in [-0.15, -0.1) is 0 Å². The van der Waals surface area contributed by atoms with Gasteiger partial charge in [0.25, 0.3) is 5.91 Å². The predicted molar refractivity (Wildman–Crippen MR) is 140 cm³/mol. The van der Waals surface area contributed by atoms with E-state index < -0.39 is 47.9 Å². The summed E-state index contributed by atoms with van der Waals surface area (Å²) in [5, 5.41) is 18.4. The first-order chi connectivity index (χ1) is 18.2. The quantitative estimate of drug-likeness (QED) is 0.466. The van der Waals surface area contributed by atoms with E-state index in [0.717, 1.165) is 11.1 Å². The molecule has 0 bridgehead atoms. The number of hydrogen-bond acceptors (Lipinski definition) is 6. The van der Waals surface area contributed by atoms with Crippen LogP contribution in [0.15, 0.2) is 48.5 Å². The van der Waals surface area contributed by atoms with Crippen LogP contribution in [0.3, 0.4) is 0 Å². The monoisotopic (exact) mass is 522 g/mol. The molecule has 0 aliphatic carbocycles. The third-order valence-corrected chi connectivity index (χ3v) is 6.82. The lowest BCUT2D eigenvalue weighted by Gasteiger charge is -2.29. The van der Waals surface area contributed by atoms with Crippen LogP contribution in [-0.4, -0.2) is 77.6 Å². The molecule has 2 aliphatic rings. The highest BCUT2D eigenvalue weighted by Gasteiger charge is 2.41. The number of benzene rings is 2. The topological polar surface area (TPSA) is 137 Å². The van der Waals surface area contributed by atoms with Crippen LogP contribution >= 0.6 is 0 Å². The molecule has 1 fully saturated rings. The van der Waals surface area contributed by atoms with Crippen molar-refractivity contribution in [1.29, 1.82) is 0 Å². The Kier molecular flexibility index (Phi) is 8.31. The van der Waals surface area contributed by atoms with Crippen molar-refractivity contribution in [3.63, 3.8) is 0 Å². The average Bonchev–Trinajstić information content (AvgIpc) is 3.30. The molecule has 2 aromatic carbocycles. The Labute approximate surface area is 221 Å². The van der Waals surface area contributed by atoms with E-state index in [1.165, 1.54) is 11.8 Å². The summed E-state index contributed by atoms with van der Waals surface area (Å²) in [7, 11) is 0. The van der Waals surface area contributed by atoms with E-state index in [-0.39, 0.29) is 37.6 Å². The molecular weight excluding hydrogens is 488 g/mol. The standard InChI is InChI=1S/C28H34N4O6/c1-16(2)24-27(36)30-17(3)28(37)32-15-20(33)14-22(32)26(35)29-11-12-38-23-10-9-19(13-21(23)25(34)31-24)18-7-5-4-6-8-18/h4-10,13,16-17,20,22,24,33H,11-12,14-15H2,1-3H3,(H,29,35)(H,30,36)(H,31,34)/t17-,20+,22+,24+/m1/s1. The SMILES string of the molecule is CC(C)[C@@H]1NC(=O)c2cc(-c3ccccc3)ccc2OCCNC(=O)[C@@H]2C[C@H](O)CN2C(=O)[C@@H](C)NC1=O. The van der Waals surface area contributed by atoms with Crippen molar-refractivity contribution < 1.29 is 29.0 Å². The molecule has 4 N–H and O–H groups in total. The summed E-state index contributed by atoms with van der Waals surface area (Å²) in [6.45, 7) is 5.32. The van der Waals surface area contributed by atoms with Crippen molar-refractivity contribution in [3.05, 3.63) is 54.1 Å². The zero-order valence-electron chi connectivity index (χ0n) is 21.8. The number of carbonyl (C=O) groups excluding carboxylic acids is 4. The van der Waals surface area contributed by atoms with Gasteiger partial charge in [0.05, 0.1) is 18.2 Å². The van der Waals surface area contributed by atoms with E-state index in [1.807, 2.05) is 36.4 Å². The average molecular weight is 523 g/mol. The number of aliphatic hydroxyl groups is 1. The summed E-state index contributed by atoms with van der Waals surface area (Å²) >= 11 is 0. The van der Waals surface area contributed by atoms with E-state index in [1.54, 1.807) is 26.0 Å². The number of rotatable bonds is 2. The number of fused-ring (bicyclic) bond motifs is 2. The van der Waals surface area contributed by atoms with Crippen molar-refractivity contribution in [2.45, 2.75) is 51.4 Å². The second-order valence-electron chi connectivity index (χ2n) is 10.0. The van der Waals surface area contributed by atoms with Crippen LogP contribution in [0.1, 0.15) is 37.6 Å². The van der Waals surface area contributed by atoms with Crippen LogP contribution in [0.4, 0.5) is 0 Å². The molecule has 0 radical (unpaired) electrons. The molecule has 0 spiro atoms. The molecule has 10 heteroatoms. The van der Waals surface area contributed by atoms with E-state index in [9.17, 15) is 24.3 Å². The molecule has 10 nitrogen and oxygen atoms in total. The summed E-state index contributed by atoms with van der Waals surface area (Å²) < 4.78 is 5.89. The van der Waals surface area contributed by atoms with E-state index in [0.29, 0.717) is 5.75 Å². The number of carbonyl (C=O) groups is 4. The Hall–Kier alpha value is -3.92. The molecule has 0 saturated carbocycles. The molecule has 1 saturated heterocycles. The second kappa shape index (κ2) is 11.6. The zero-order valence-corrected chi connectivity index (χ0v) is 21.8. The zero-order chi connectivity index (χ0) is 27.4. The molecule has 202 valence electrons. The van der Waals surface area contributed by atoms with Gasteiger partial charge in [0.1, 0.15) is 30.5 Å². The summed E-state index contributed by atoms with van der Waals surface area (Å²) in [5.41, 5.74) is 1.96. The Morgan fingerprint density at radius 1 is 0.974 bits per heavy atom. The van der Waals surface area contributed by atoms with Gasteiger partial charge in [-0.3, -0.25) is 19.2 Å². The van der Waals surface area contributed by atoms with Crippen molar-refractivity contribution >= 4 is 23.6 Å². The van der Waals surface area contributed by atoms with Crippen molar-refractivity contribution in [3.8, 4) is 16.9 Å². The largest absolute Gasteiger partial charge is 0.491 e. The third kappa shape index (κ3) is 5.96. The van der Waals surface area contributed by atoms with Gasteiger partial charge in [-0.1, -0.05) is 50.2 Å². The van der Waals surface area contributed by atoms with Gasteiger partial charge in [0.15, 0.2) is 0 Å². The fraction of sp³-hybridized carbons (Fsp3) is 0.429. The van der Waals surface area contributed by atoms with E-state index >= 15 is 0 Å². The summed E-state index contributed by atoms with van der Waals surface area (Å²) in [4.78, 5) is 54.0. The first kappa shape index (κ1) is 27.1. The maximum atomic E-state index is 13.5. The summed E-state index contributed by atoms with van der Waals surface area (Å²) in [6, 6.07) is 12.1. The van der Waals surface area contributed by atoms with E-state index in [4.69, 9.17) is 4.74 Å². The highest BCUT2D eigenvalue weighted by Crippen LogP contribution is 2.27. The third-order valence-electron chi connectivity index (χ3n) is 6.82. The minimum atomic E-state index is -0.963. The summed E-state index contributed by atoms with van der Waals surface area (Å²) in [5.74, 6) is -1.89. The molecule has 4 rings (SSSR count). The van der Waals surface area contributed by atoms with Crippen LogP contribution in [0.5, 0.6) is 5.75 Å². The number of nitrogens with zero attached hydrogens (tertiary/aromatic N) is 1. The highest BCUT2D eigenvalue weighted by molar-refractivity contribution is 6.01. The van der Waals surface area contributed by atoms with Gasteiger partial charge in [-0.2, -0.15) is 0 Å². The van der Waals surface area contributed by atoms with Gasteiger partial charge in [-0.25, -0.2) is 0 Å². The first-order valence-corrected chi connectivity index (χ1v) is 12.9. The van der Waals surface area contributed by atoms with Crippen molar-refractivity contribution in [1.82, 2.24) is 20.9 Å². The number of nitrogens with one attached hydrogen (secondary N) is 3. The number of amides is 4. The fourth-order valence-corrected chi connectivity index (χ4v) is 4.77. The minimum Gasteiger partial charge on any atom is -0.491 e. The molecule has 4 amide bonds. The lowest BCUT2D eigenvalue weighted by molar-refractivity contribution is -0.141. The minimum absolute atomic E-state index is 0.00486. The molecule has 2 aromatic rings. The molecule has 0 aromatic heterocycles. The molecule has 4 atom stereocenters. The maximum absolute atomic E-state index is 13.5. The summed E-state index contributed by atoms with van der Waals surface area (Å²) in [6.07, 6.45) is -0.737. The highest BCUT2D eigenvalue weighted by atomic mass is 16.5. The molecule has 0 unspecified atom stereocenters. The van der Waals surface area contributed by atoms with Crippen LogP contribution in [0.25, 0.3) is 11.1 Å². The first-order valence-electron chi connectivity index (χ1n) is 12.9. The maximum Gasteiger partial charge on any atom is 0.255 e. The van der Waals surface area contributed by atoms with Gasteiger partial charge in [0, 0.05) is 13.0 Å². The Bertz CT molecular complexity index is 1200. The van der Waals surface area contributed by atoms with Gasteiger partial charge in [0.2, 0.25) is 17.7 Å². The smallest absolute Gasteiger partial charge is 0.255 e. The van der Waals surface area contributed by atoms with Gasteiger partial charge >= 0.3 is 0 Å². The molecule has 2 heterocycles. The van der Waals surface area contributed by atoms with E-state index in [2.05, 4.69) is 16.0 Å². The predicted octanol–water partition coefficient (Wildman–Crippen LogP) is 1.08. The Balaban J connectivity index is 1.67. The molecule has 38 heavy (non-hydrogen) atoms. The second-order valence-corrected chi connectivity index (χ2v) is 10.0. The Morgan fingerprint density at radius 2 is 1.71 bits per heavy atom. The van der Waals surface area contributed by atoms with Gasteiger partial charge < -0.3 is 30.7 Å². The lowest BCUT2D eigenvalue weighted by Crippen LogP contribution is -2.57. The van der Waals surface area contributed by atoms with Gasteiger partial charge in [-0.05, 0) is 36.1 Å². The fourth-order valence-electron chi connectivity index (χ4n) is 4.77. The molecule has 2 aliphatic heterocycles. The number of aliphatic hydroxyl groups excluding tert-OH is 1. The lowest BCUT2D eigenvalue weighted by atomic mass is 10.00. The normalized spacial score (nSPS) is 25.1. The number of ether oxygens (including phenoxy) is 1. The van der Waals surface area contributed by atoms with Crippen molar-refractivity contribution in [2.24, 2.45) is 5.92 Å². The van der Waals surface area contributed by atoms with Crippen molar-refractivity contribution in [2.75, 3.05) is 19.7 Å².